The van der Waals surface area contributed by atoms with Gasteiger partial charge in [-0.1, -0.05) is 42.5 Å². The molecule has 2 unspecified atom stereocenters. The van der Waals surface area contributed by atoms with Gasteiger partial charge in [-0.2, -0.15) is 0 Å². The normalized spacial score (nSPS) is 20.5. The van der Waals surface area contributed by atoms with E-state index in [9.17, 15) is 4.79 Å². The average Bonchev–Trinajstić information content (AvgIpc) is 2.67. The highest BCUT2D eigenvalue weighted by molar-refractivity contribution is 5.78. The number of nitrogens with zero attached hydrogens (tertiary/aromatic N) is 1. The van der Waals surface area contributed by atoms with Crippen LogP contribution in [0.1, 0.15) is 24.5 Å². The third-order valence-corrected chi connectivity index (χ3v) is 4.72. The van der Waals surface area contributed by atoms with Crippen molar-refractivity contribution in [3.63, 3.8) is 0 Å². The minimum Gasteiger partial charge on any atom is -0.373 e. The molecule has 4 rings (SSSR count). The van der Waals surface area contributed by atoms with Crippen molar-refractivity contribution in [2.75, 3.05) is 18.5 Å². The molecule has 3 aromatic rings. The molecule has 2 atom stereocenters. The summed E-state index contributed by atoms with van der Waals surface area (Å²) in [6.07, 6.45) is 2.22. The fourth-order valence-corrected chi connectivity index (χ4v) is 3.46. The summed E-state index contributed by atoms with van der Waals surface area (Å²) in [6.45, 7) is 1.50. The molecule has 5 heteroatoms. The first kappa shape index (κ1) is 15.8. The van der Waals surface area contributed by atoms with Crippen LogP contribution in [0, 0.1) is 5.92 Å². The van der Waals surface area contributed by atoms with Crippen LogP contribution in [-0.2, 0) is 4.74 Å². The quantitative estimate of drug-likeness (QED) is 0.766. The lowest BCUT2D eigenvalue weighted by molar-refractivity contribution is -0.0238. The van der Waals surface area contributed by atoms with E-state index < -0.39 is 0 Å². The van der Waals surface area contributed by atoms with Crippen LogP contribution in [0.3, 0.4) is 0 Å². The third kappa shape index (κ3) is 3.42. The molecule has 1 aliphatic heterocycles. The molecule has 2 heterocycles. The standard InChI is InChI=1S/C20H21N3O2/c24-19-16-10-4-5-11-17(16)22-20(23-19)21-13-15-9-6-12-25-18(15)14-7-2-1-3-8-14/h1-5,7-8,10-11,15,18H,6,9,12-13H2,(H2,21,22,23,24). The smallest absolute Gasteiger partial charge is 0.260 e. The molecule has 1 aliphatic rings. The molecule has 0 aliphatic carbocycles. The molecule has 0 radical (unpaired) electrons. The van der Waals surface area contributed by atoms with Crippen molar-refractivity contribution in [1.82, 2.24) is 9.97 Å². The van der Waals surface area contributed by atoms with Gasteiger partial charge >= 0.3 is 0 Å². The molecular weight excluding hydrogens is 314 g/mol. The minimum absolute atomic E-state index is 0.0784. The second kappa shape index (κ2) is 7.07. The Bertz CT molecular complexity index is 907. The van der Waals surface area contributed by atoms with Gasteiger partial charge in [0.1, 0.15) is 0 Å². The van der Waals surface area contributed by atoms with Crippen LogP contribution in [0.4, 0.5) is 5.95 Å². The molecule has 2 N–H and O–H groups in total. The Morgan fingerprint density at radius 1 is 1.12 bits per heavy atom. The van der Waals surface area contributed by atoms with Gasteiger partial charge < -0.3 is 10.1 Å². The molecule has 5 nitrogen and oxygen atoms in total. The highest BCUT2D eigenvalue weighted by Crippen LogP contribution is 2.33. The molecule has 128 valence electrons. The van der Waals surface area contributed by atoms with Gasteiger partial charge in [-0.15, -0.1) is 0 Å². The van der Waals surface area contributed by atoms with Gasteiger partial charge in [0.2, 0.25) is 5.95 Å². The van der Waals surface area contributed by atoms with Crippen LogP contribution >= 0.6 is 0 Å². The summed E-state index contributed by atoms with van der Waals surface area (Å²) in [7, 11) is 0. The van der Waals surface area contributed by atoms with Gasteiger partial charge in [0.05, 0.1) is 17.0 Å². The number of aromatic nitrogens is 2. The lowest BCUT2D eigenvalue weighted by atomic mass is 9.89. The maximum Gasteiger partial charge on any atom is 0.260 e. The van der Waals surface area contributed by atoms with E-state index in [0.29, 0.717) is 29.3 Å². The summed E-state index contributed by atoms with van der Waals surface area (Å²) in [5.41, 5.74) is 1.79. The number of hydrogen-bond donors (Lipinski definition) is 2. The number of ether oxygens (including phenoxy) is 1. The lowest BCUT2D eigenvalue weighted by Gasteiger charge is -2.32. The zero-order valence-electron chi connectivity index (χ0n) is 13.9. The predicted octanol–water partition coefficient (Wildman–Crippen LogP) is 3.50. The van der Waals surface area contributed by atoms with E-state index in [0.717, 1.165) is 19.4 Å². The molecule has 1 aromatic heterocycles. The topological polar surface area (TPSA) is 67.0 Å². The van der Waals surface area contributed by atoms with Crippen molar-refractivity contribution >= 4 is 16.9 Å². The van der Waals surface area contributed by atoms with E-state index >= 15 is 0 Å². The summed E-state index contributed by atoms with van der Waals surface area (Å²) < 4.78 is 6.03. The number of fused-ring (bicyclic) bond motifs is 1. The Morgan fingerprint density at radius 2 is 1.92 bits per heavy atom. The summed E-state index contributed by atoms with van der Waals surface area (Å²) in [5, 5.41) is 3.91. The van der Waals surface area contributed by atoms with Crippen molar-refractivity contribution in [3.05, 3.63) is 70.5 Å². The summed E-state index contributed by atoms with van der Waals surface area (Å²) in [5.74, 6) is 0.856. The highest BCUT2D eigenvalue weighted by atomic mass is 16.5. The summed E-state index contributed by atoms with van der Waals surface area (Å²) >= 11 is 0. The van der Waals surface area contributed by atoms with Gasteiger partial charge in [0.15, 0.2) is 0 Å². The largest absolute Gasteiger partial charge is 0.373 e. The Labute approximate surface area is 146 Å². The Hall–Kier alpha value is -2.66. The number of rotatable bonds is 4. The maximum atomic E-state index is 12.2. The molecule has 0 saturated carbocycles. The molecule has 1 fully saturated rings. The fourth-order valence-electron chi connectivity index (χ4n) is 3.46. The van der Waals surface area contributed by atoms with Gasteiger partial charge in [-0.3, -0.25) is 9.78 Å². The number of hydrogen-bond acceptors (Lipinski definition) is 4. The number of aromatic amines is 1. The van der Waals surface area contributed by atoms with Crippen molar-refractivity contribution in [2.45, 2.75) is 18.9 Å². The van der Waals surface area contributed by atoms with Crippen LogP contribution in [0.5, 0.6) is 0 Å². The second-order valence-electron chi connectivity index (χ2n) is 6.42. The highest BCUT2D eigenvalue weighted by Gasteiger charge is 2.27. The monoisotopic (exact) mass is 335 g/mol. The van der Waals surface area contributed by atoms with Crippen molar-refractivity contribution in [3.8, 4) is 0 Å². The van der Waals surface area contributed by atoms with Crippen LogP contribution < -0.4 is 10.9 Å². The third-order valence-electron chi connectivity index (χ3n) is 4.72. The molecule has 0 bridgehead atoms. The zero-order valence-corrected chi connectivity index (χ0v) is 13.9. The van der Waals surface area contributed by atoms with Gasteiger partial charge in [0.25, 0.3) is 5.56 Å². The molecule has 25 heavy (non-hydrogen) atoms. The SMILES string of the molecule is O=c1[nH]c(NCC2CCCOC2c2ccccc2)nc2ccccc12. The maximum absolute atomic E-state index is 12.2. The Morgan fingerprint density at radius 3 is 2.80 bits per heavy atom. The first-order valence-electron chi connectivity index (χ1n) is 8.71. The molecular formula is C20H21N3O2. The van der Waals surface area contributed by atoms with Gasteiger partial charge in [0, 0.05) is 19.1 Å². The van der Waals surface area contributed by atoms with Crippen molar-refractivity contribution < 1.29 is 4.74 Å². The van der Waals surface area contributed by atoms with Gasteiger partial charge in [-0.25, -0.2) is 4.98 Å². The van der Waals surface area contributed by atoms with Crippen LogP contribution in [0.15, 0.2) is 59.4 Å². The van der Waals surface area contributed by atoms with Crippen LogP contribution in [0.25, 0.3) is 10.9 Å². The van der Waals surface area contributed by atoms with Crippen molar-refractivity contribution in [1.29, 1.82) is 0 Å². The van der Waals surface area contributed by atoms with Crippen molar-refractivity contribution in [2.24, 2.45) is 5.92 Å². The summed E-state index contributed by atoms with van der Waals surface area (Å²) in [4.78, 5) is 19.5. The molecule has 0 spiro atoms. The number of benzene rings is 2. The number of anilines is 1. The van der Waals surface area contributed by atoms with E-state index in [2.05, 4.69) is 27.4 Å². The van der Waals surface area contributed by atoms with E-state index in [1.165, 1.54) is 5.56 Å². The van der Waals surface area contributed by atoms with E-state index in [1.807, 2.05) is 36.4 Å². The van der Waals surface area contributed by atoms with Gasteiger partial charge in [-0.05, 0) is 30.5 Å². The molecule has 0 amide bonds. The van der Waals surface area contributed by atoms with Crippen LogP contribution in [0.2, 0.25) is 0 Å². The van der Waals surface area contributed by atoms with E-state index in [4.69, 9.17) is 4.74 Å². The Kier molecular flexibility index (Phi) is 4.48. The number of H-pyrrole nitrogens is 1. The Balaban J connectivity index is 1.52. The number of nitrogens with one attached hydrogen (secondary N) is 2. The zero-order chi connectivity index (χ0) is 17.1. The second-order valence-corrected chi connectivity index (χ2v) is 6.42. The fraction of sp³-hybridized carbons (Fsp3) is 0.300. The first-order valence-corrected chi connectivity index (χ1v) is 8.71. The predicted molar refractivity (Wildman–Crippen MR) is 98.7 cm³/mol. The molecule has 2 aromatic carbocycles. The summed E-state index contributed by atoms with van der Waals surface area (Å²) in [6, 6.07) is 17.7. The van der Waals surface area contributed by atoms with E-state index in [-0.39, 0.29) is 11.7 Å². The molecule has 1 saturated heterocycles. The first-order chi connectivity index (χ1) is 12.3. The minimum atomic E-state index is -0.118. The average molecular weight is 335 g/mol. The van der Waals surface area contributed by atoms with Crippen LogP contribution in [-0.4, -0.2) is 23.1 Å². The number of para-hydroxylation sites is 1. The lowest BCUT2D eigenvalue weighted by Crippen LogP contribution is -2.29. The van der Waals surface area contributed by atoms with E-state index in [1.54, 1.807) is 6.07 Å².